The number of esters is 1. The second kappa shape index (κ2) is 8.96. The molecule has 0 saturated heterocycles. The number of aromatic nitrogens is 1. The number of rotatable bonds is 6. The van der Waals surface area contributed by atoms with Gasteiger partial charge in [0.25, 0.3) is 0 Å². The summed E-state index contributed by atoms with van der Waals surface area (Å²) in [4.78, 5) is 25.7. The second-order valence-corrected chi connectivity index (χ2v) is 7.92. The Labute approximate surface area is 174 Å². The Morgan fingerprint density at radius 1 is 1.17 bits per heavy atom. The summed E-state index contributed by atoms with van der Waals surface area (Å²) in [5, 5.41) is 6.90. The Morgan fingerprint density at radius 2 is 1.90 bits per heavy atom. The number of hydrogen-bond donors (Lipinski definition) is 2. The number of carbonyl (C=O) groups is 2. The highest BCUT2D eigenvalue weighted by atomic mass is 32.1. The minimum Gasteiger partial charge on any atom is -0.462 e. The number of urea groups is 1. The zero-order valence-corrected chi connectivity index (χ0v) is 17.8. The molecule has 2 heterocycles. The van der Waals surface area contributed by atoms with Crippen LogP contribution in [-0.2, 0) is 4.74 Å². The lowest BCUT2D eigenvalue weighted by Crippen LogP contribution is -2.31. The quantitative estimate of drug-likeness (QED) is 0.547. The first-order valence-corrected chi connectivity index (χ1v) is 10.3. The van der Waals surface area contributed by atoms with Gasteiger partial charge in [-0.25, -0.2) is 9.59 Å². The average molecular weight is 412 g/mol. The summed E-state index contributed by atoms with van der Waals surface area (Å²) in [6.07, 6.45) is 4.00. The van der Waals surface area contributed by atoms with Crippen LogP contribution in [0.15, 0.2) is 48.8 Å². The maximum Gasteiger partial charge on any atom is 0.338 e. The summed E-state index contributed by atoms with van der Waals surface area (Å²) < 4.78 is 7.07. The van der Waals surface area contributed by atoms with E-state index in [1.165, 1.54) is 10.4 Å². The molecule has 0 aliphatic rings. The minimum atomic E-state index is -0.411. The summed E-state index contributed by atoms with van der Waals surface area (Å²) in [6.45, 7) is 8.19. The fourth-order valence-corrected chi connectivity index (χ4v) is 4.39. The van der Waals surface area contributed by atoms with Crippen molar-refractivity contribution in [3.63, 3.8) is 0 Å². The van der Waals surface area contributed by atoms with Gasteiger partial charge in [0.1, 0.15) is 5.00 Å². The predicted octanol–water partition coefficient (Wildman–Crippen LogP) is 5.22. The van der Waals surface area contributed by atoms with Crippen LogP contribution in [0.2, 0.25) is 0 Å². The number of benzene rings is 1. The van der Waals surface area contributed by atoms with Crippen LogP contribution in [0.1, 0.15) is 46.3 Å². The Kier molecular flexibility index (Phi) is 6.39. The van der Waals surface area contributed by atoms with E-state index in [0.29, 0.717) is 17.9 Å². The van der Waals surface area contributed by atoms with Gasteiger partial charge in [0, 0.05) is 28.5 Å². The van der Waals surface area contributed by atoms with E-state index >= 15 is 0 Å². The number of hydrogen-bond acceptors (Lipinski definition) is 4. The molecule has 2 amide bonds. The molecular weight excluding hydrogens is 386 g/mol. The largest absolute Gasteiger partial charge is 0.462 e. The van der Waals surface area contributed by atoms with Gasteiger partial charge in [-0.15, -0.1) is 11.3 Å². The van der Waals surface area contributed by atoms with E-state index in [1.807, 2.05) is 31.5 Å². The van der Waals surface area contributed by atoms with Gasteiger partial charge in [-0.05, 0) is 63.6 Å². The van der Waals surface area contributed by atoms with E-state index in [-0.39, 0.29) is 12.1 Å². The van der Waals surface area contributed by atoms with Gasteiger partial charge in [-0.2, -0.15) is 0 Å². The number of nitrogens with one attached hydrogen (secondary N) is 2. The van der Waals surface area contributed by atoms with Crippen molar-refractivity contribution in [1.29, 1.82) is 0 Å². The number of thiophene rings is 1. The number of aryl methyl sites for hydroxylation is 1. The fourth-order valence-electron chi connectivity index (χ4n) is 3.17. The molecule has 6 nitrogen and oxygen atoms in total. The van der Waals surface area contributed by atoms with Crippen LogP contribution in [0.25, 0.3) is 5.00 Å². The lowest BCUT2D eigenvalue weighted by Gasteiger charge is -2.17. The highest BCUT2D eigenvalue weighted by molar-refractivity contribution is 7.14. The molecule has 0 unspecified atom stereocenters. The van der Waals surface area contributed by atoms with Crippen molar-refractivity contribution in [1.82, 2.24) is 9.88 Å². The molecule has 0 radical (unpaired) electrons. The summed E-state index contributed by atoms with van der Waals surface area (Å²) in [6, 6.07) is 10.1. The molecule has 2 N–H and O–H groups in total. The number of amides is 2. The first kappa shape index (κ1) is 20.7. The zero-order valence-electron chi connectivity index (χ0n) is 17.0. The van der Waals surface area contributed by atoms with Gasteiger partial charge in [-0.1, -0.05) is 6.07 Å². The van der Waals surface area contributed by atoms with E-state index in [0.717, 1.165) is 10.6 Å². The lowest BCUT2D eigenvalue weighted by atomic mass is 10.1. The maximum absolute atomic E-state index is 12.6. The summed E-state index contributed by atoms with van der Waals surface area (Å²) >= 11 is 1.71. The van der Waals surface area contributed by atoms with E-state index in [2.05, 4.69) is 29.0 Å². The molecule has 0 spiro atoms. The molecule has 0 bridgehead atoms. The van der Waals surface area contributed by atoms with Crippen molar-refractivity contribution in [2.24, 2.45) is 0 Å². The lowest BCUT2D eigenvalue weighted by molar-refractivity contribution is 0.0526. The van der Waals surface area contributed by atoms with E-state index in [9.17, 15) is 9.59 Å². The van der Waals surface area contributed by atoms with Gasteiger partial charge in [0.2, 0.25) is 0 Å². The molecule has 0 saturated carbocycles. The predicted molar refractivity (Wildman–Crippen MR) is 116 cm³/mol. The van der Waals surface area contributed by atoms with E-state index < -0.39 is 5.97 Å². The number of anilines is 1. The van der Waals surface area contributed by atoms with Gasteiger partial charge in [0.15, 0.2) is 0 Å². The Balaban J connectivity index is 1.74. The van der Waals surface area contributed by atoms with Crippen molar-refractivity contribution >= 4 is 29.0 Å². The summed E-state index contributed by atoms with van der Waals surface area (Å²) in [7, 11) is 0. The fraction of sp³-hybridized carbons (Fsp3) is 0.273. The van der Waals surface area contributed by atoms with Gasteiger partial charge >= 0.3 is 12.0 Å². The Hall–Kier alpha value is -3.06. The first-order chi connectivity index (χ1) is 13.9. The van der Waals surface area contributed by atoms with Gasteiger partial charge in [0.05, 0.1) is 18.2 Å². The number of nitrogens with zero attached hydrogens (tertiary/aromatic N) is 1. The van der Waals surface area contributed by atoms with Crippen LogP contribution in [0, 0.1) is 13.8 Å². The SMILES string of the molecule is CCOC(=O)c1cccc(NC(=O)N[C@@H](C)c2c(-n3cccc3)sc(C)c2C)c1. The van der Waals surface area contributed by atoms with Crippen LogP contribution < -0.4 is 10.6 Å². The van der Waals surface area contributed by atoms with Crippen molar-refractivity contribution in [3.8, 4) is 5.00 Å². The first-order valence-electron chi connectivity index (χ1n) is 9.48. The van der Waals surface area contributed by atoms with Crippen molar-refractivity contribution in [2.75, 3.05) is 11.9 Å². The maximum atomic E-state index is 12.6. The van der Waals surface area contributed by atoms with Crippen LogP contribution >= 0.6 is 11.3 Å². The monoisotopic (exact) mass is 411 g/mol. The van der Waals surface area contributed by atoms with Gasteiger partial charge in [-0.3, -0.25) is 0 Å². The Bertz CT molecular complexity index is 1010. The van der Waals surface area contributed by atoms with E-state index in [4.69, 9.17) is 4.74 Å². The zero-order chi connectivity index (χ0) is 21.0. The van der Waals surface area contributed by atoms with Crippen LogP contribution in [0.3, 0.4) is 0 Å². The van der Waals surface area contributed by atoms with Crippen LogP contribution in [0.4, 0.5) is 10.5 Å². The molecule has 1 aromatic carbocycles. The highest BCUT2D eigenvalue weighted by Gasteiger charge is 2.21. The molecule has 152 valence electrons. The molecule has 1 atom stereocenters. The van der Waals surface area contributed by atoms with Gasteiger partial charge < -0.3 is 19.9 Å². The molecule has 3 rings (SSSR count). The standard InChI is InChI=1S/C22H25N3O3S/c1-5-28-21(26)17-9-8-10-18(13-17)24-22(27)23-15(3)19-14(2)16(4)29-20(19)25-11-6-7-12-25/h6-13,15H,5H2,1-4H3,(H2,23,24,27)/t15-/m0/s1. The summed E-state index contributed by atoms with van der Waals surface area (Å²) in [5.41, 5.74) is 3.20. The number of carbonyl (C=O) groups excluding carboxylic acids is 2. The topological polar surface area (TPSA) is 72.4 Å². The van der Waals surface area contributed by atoms with Crippen LogP contribution in [0.5, 0.6) is 0 Å². The highest BCUT2D eigenvalue weighted by Crippen LogP contribution is 2.35. The molecule has 0 aliphatic heterocycles. The molecule has 0 aliphatic carbocycles. The average Bonchev–Trinajstić information content (AvgIpc) is 3.31. The smallest absolute Gasteiger partial charge is 0.338 e. The van der Waals surface area contributed by atoms with Crippen molar-refractivity contribution < 1.29 is 14.3 Å². The molecule has 29 heavy (non-hydrogen) atoms. The Morgan fingerprint density at radius 3 is 2.59 bits per heavy atom. The molecule has 2 aromatic heterocycles. The van der Waals surface area contributed by atoms with Crippen LogP contribution in [-0.4, -0.2) is 23.2 Å². The number of ether oxygens (including phenoxy) is 1. The molecule has 0 fully saturated rings. The third kappa shape index (κ3) is 4.68. The minimum absolute atomic E-state index is 0.189. The third-order valence-electron chi connectivity index (χ3n) is 4.66. The molecular formula is C22H25N3O3S. The summed E-state index contributed by atoms with van der Waals surface area (Å²) in [5.74, 6) is -0.411. The van der Waals surface area contributed by atoms with Crippen molar-refractivity contribution in [2.45, 2.75) is 33.7 Å². The molecule has 3 aromatic rings. The molecule has 7 heteroatoms. The normalized spacial score (nSPS) is 11.7. The second-order valence-electron chi connectivity index (χ2n) is 6.71. The third-order valence-corrected chi connectivity index (χ3v) is 5.90. The van der Waals surface area contributed by atoms with E-state index in [1.54, 1.807) is 42.5 Å². The van der Waals surface area contributed by atoms with Crippen molar-refractivity contribution in [3.05, 3.63) is 70.4 Å².